The van der Waals surface area contributed by atoms with Crippen molar-refractivity contribution in [3.8, 4) is 0 Å². The Balaban J connectivity index is 1.51. The predicted octanol–water partition coefficient (Wildman–Crippen LogP) is 3.12. The fourth-order valence-electron chi connectivity index (χ4n) is 4.02. The van der Waals surface area contributed by atoms with Crippen molar-refractivity contribution in [3.05, 3.63) is 57.8 Å². The number of rotatable bonds is 6. The normalized spacial score (nSPS) is 16.3. The summed E-state index contributed by atoms with van der Waals surface area (Å²) >= 11 is 0. The number of hydrogen-bond acceptors (Lipinski definition) is 6. The van der Waals surface area contributed by atoms with Crippen LogP contribution in [0.5, 0.6) is 0 Å². The molecule has 2 aromatic rings. The third-order valence-electron chi connectivity index (χ3n) is 5.58. The number of pyridine rings is 1. The van der Waals surface area contributed by atoms with Crippen LogP contribution >= 0.6 is 0 Å². The van der Waals surface area contributed by atoms with Gasteiger partial charge in [-0.25, -0.2) is 4.98 Å². The highest BCUT2D eigenvalue weighted by Gasteiger charge is 2.22. The van der Waals surface area contributed by atoms with Crippen LogP contribution in [0.2, 0.25) is 0 Å². The number of nitro groups is 1. The number of carbonyl (C=O) groups is 1. The number of aromatic nitrogens is 1. The molecule has 1 amide bonds. The Kier molecular flexibility index (Phi) is 5.59. The molecule has 0 bridgehead atoms. The molecule has 1 aromatic heterocycles. The van der Waals surface area contributed by atoms with E-state index in [1.165, 1.54) is 25.0 Å². The summed E-state index contributed by atoms with van der Waals surface area (Å²) in [4.78, 5) is 32.5. The summed E-state index contributed by atoms with van der Waals surface area (Å²) in [7, 11) is 0. The first-order chi connectivity index (χ1) is 14.1. The van der Waals surface area contributed by atoms with Gasteiger partial charge in [0.05, 0.1) is 16.2 Å². The molecule has 152 valence electrons. The Hall–Kier alpha value is -3.16. The smallest absolute Gasteiger partial charge is 0.270 e. The molecule has 0 saturated carbocycles. The van der Waals surface area contributed by atoms with E-state index in [0.717, 1.165) is 56.1 Å². The highest BCUT2D eigenvalue weighted by Crippen LogP contribution is 2.28. The number of amides is 1. The fraction of sp³-hybridized carbons (Fsp3) is 0.429. The van der Waals surface area contributed by atoms with Gasteiger partial charge in [-0.2, -0.15) is 0 Å². The number of nitrogens with zero attached hydrogens (tertiary/aromatic N) is 4. The van der Waals surface area contributed by atoms with Crippen molar-refractivity contribution in [1.82, 2.24) is 10.3 Å². The number of non-ortho nitro benzene ring substituents is 1. The van der Waals surface area contributed by atoms with Crippen LogP contribution in [0.1, 0.15) is 41.6 Å². The maximum Gasteiger partial charge on any atom is 0.270 e. The van der Waals surface area contributed by atoms with Crippen LogP contribution in [0.25, 0.3) is 0 Å². The zero-order valence-corrected chi connectivity index (χ0v) is 16.3. The molecule has 0 spiro atoms. The summed E-state index contributed by atoms with van der Waals surface area (Å²) in [5, 5.41) is 14.1. The first-order valence-corrected chi connectivity index (χ1v) is 10.1. The Morgan fingerprint density at radius 2 is 1.72 bits per heavy atom. The largest absolute Gasteiger partial charge is 0.371 e. The molecule has 1 N–H and O–H groups in total. The standard InChI is InChI=1S/C21H25N5O3/c27-21(23-15-16-7-8-22-20(13-16)25-11-3-4-12-25)18-14-17(26(28)29)5-6-19(18)24-9-1-2-10-24/h5-8,13-14H,1-4,9-12,15H2,(H,23,27). The number of hydrogen-bond donors (Lipinski definition) is 1. The fourth-order valence-corrected chi connectivity index (χ4v) is 4.02. The molecular formula is C21H25N5O3. The lowest BCUT2D eigenvalue weighted by atomic mass is 10.1. The van der Waals surface area contributed by atoms with Crippen LogP contribution in [0.4, 0.5) is 17.2 Å². The van der Waals surface area contributed by atoms with Gasteiger partial charge in [-0.05, 0) is 49.4 Å². The van der Waals surface area contributed by atoms with Gasteiger partial charge >= 0.3 is 0 Å². The topological polar surface area (TPSA) is 91.6 Å². The minimum absolute atomic E-state index is 0.0710. The average molecular weight is 395 g/mol. The van der Waals surface area contributed by atoms with Crippen molar-refractivity contribution in [1.29, 1.82) is 0 Å². The summed E-state index contributed by atoms with van der Waals surface area (Å²) < 4.78 is 0. The van der Waals surface area contributed by atoms with Gasteiger partial charge in [0.1, 0.15) is 5.82 Å². The van der Waals surface area contributed by atoms with Crippen molar-refractivity contribution in [2.45, 2.75) is 32.2 Å². The maximum absolute atomic E-state index is 12.9. The van der Waals surface area contributed by atoms with Gasteiger partial charge in [-0.1, -0.05) is 0 Å². The predicted molar refractivity (Wildman–Crippen MR) is 111 cm³/mol. The van der Waals surface area contributed by atoms with E-state index in [9.17, 15) is 14.9 Å². The van der Waals surface area contributed by atoms with Crippen LogP contribution < -0.4 is 15.1 Å². The molecule has 2 fully saturated rings. The van der Waals surface area contributed by atoms with E-state index in [0.29, 0.717) is 12.1 Å². The molecule has 2 aliphatic heterocycles. The van der Waals surface area contributed by atoms with Gasteiger partial charge in [0, 0.05) is 51.1 Å². The summed E-state index contributed by atoms with van der Waals surface area (Å²) in [6.45, 7) is 4.10. The summed E-state index contributed by atoms with van der Waals surface area (Å²) in [6.07, 6.45) is 6.24. The molecule has 8 heteroatoms. The number of nitrogens with one attached hydrogen (secondary N) is 1. The lowest BCUT2D eigenvalue weighted by Gasteiger charge is -2.21. The lowest BCUT2D eigenvalue weighted by molar-refractivity contribution is -0.384. The molecule has 0 aliphatic carbocycles. The zero-order chi connectivity index (χ0) is 20.2. The molecule has 1 aromatic carbocycles. The third-order valence-corrected chi connectivity index (χ3v) is 5.58. The highest BCUT2D eigenvalue weighted by atomic mass is 16.6. The Bertz CT molecular complexity index is 905. The van der Waals surface area contributed by atoms with Crippen LogP contribution in [0.15, 0.2) is 36.5 Å². The second kappa shape index (κ2) is 8.46. The van der Waals surface area contributed by atoms with E-state index in [1.807, 2.05) is 12.1 Å². The molecule has 8 nitrogen and oxygen atoms in total. The molecule has 29 heavy (non-hydrogen) atoms. The maximum atomic E-state index is 12.9. The minimum atomic E-state index is -0.463. The summed E-state index contributed by atoms with van der Waals surface area (Å²) in [5.41, 5.74) is 2.01. The lowest BCUT2D eigenvalue weighted by Crippen LogP contribution is -2.27. The van der Waals surface area contributed by atoms with E-state index in [2.05, 4.69) is 20.1 Å². The molecule has 2 aliphatic rings. The number of benzene rings is 1. The third kappa shape index (κ3) is 4.31. The van der Waals surface area contributed by atoms with E-state index >= 15 is 0 Å². The number of nitro benzene ring substituents is 1. The van der Waals surface area contributed by atoms with Gasteiger partial charge in [0.25, 0.3) is 11.6 Å². The summed E-state index contributed by atoms with van der Waals surface area (Å²) in [6, 6.07) is 8.42. The van der Waals surface area contributed by atoms with Crippen molar-refractivity contribution in [2.24, 2.45) is 0 Å². The Morgan fingerprint density at radius 3 is 2.41 bits per heavy atom. The molecule has 2 saturated heterocycles. The van der Waals surface area contributed by atoms with E-state index < -0.39 is 4.92 Å². The van der Waals surface area contributed by atoms with E-state index in [4.69, 9.17) is 0 Å². The molecular weight excluding hydrogens is 370 g/mol. The Morgan fingerprint density at radius 1 is 1.03 bits per heavy atom. The molecule has 3 heterocycles. The van der Waals surface area contributed by atoms with Gasteiger partial charge in [-0.15, -0.1) is 0 Å². The first-order valence-electron chi connectivity index (χ1n) is 10.1. The van der Waals surface area contributed by atoms with Gasteiger partial charge in [0.2, 0.25) is 0 Å². The highest BCUT2D eigenvalue weighted by molar-refractivity contribution is 6.00. The summed E-state index contributed by atoms with van der Waals surface area (Å²) in [5.74, 6) is 0.637. The van der Waals surface area contributed by atoms with Crippen LogP contribution in [-0.4, -0.2) is 42.0 Å². The van der Waals surface area contributed by atoms with Crippen LogP contribution in [-0.2, 0) is 6.54 Å². The van der Waals surface area contributed by atoms with E-state index in [-0.39, 0.29) is 11.6 Å². The first kappa shape index (κ1) is 19.2. The van der Waals surface area contributed by atoms with E-state index in [1.54, 1.807) is 12.3 Å². The van der Waals surface area contributed by atoms with Crippen LogP contribution in [0.3, 0.4) is 0 Å². The Labute approximate surface area is 169 Å². The molecule has 0 radical (unpaired) electrons. The second-order valence-electron chi connectivity index (χ2n) is 7.55. The SMILES string of the molecule is O=C(NCc1ccnc(N2CCCC2)c1)c1cc([N+](=O)[O-])ccc1N1CCCC1. The average Bonchev–Trinajstić information content (AvgIpc) is 3.46. The van der Waals surface area contributed by atoms with Gasteiger partial charge < -0.3 is 15.1 Å². The zero-order valence-electron chi connectivity index (χ0n) is 16.3. The number of carbonyl (C=O) groups excluding carboxylic acids is 1. The van der Waals surface area contributed by atoms with Gasteiger partial charge in [-0.3, -0.25) is 14.9 Å². The van der Waals surface area contributed by atoms with Gasteiger partial charge in [0.15, 0.2) is 0 Å². The van der Waals surface area contributed by atoms with Crippen molar-refractivity contribution < 1.29 is 9.72 Å². The second-order valence-corrected chi connectivity index (χ2v) is 7.55. The number of anilines is 2. The minimum Gasteiger partial charge on any atom is -0.371 e. The van der Waals surface area contributed by atoms with Crippen molar-refractivity contribution >= 4 is 23.1 Å². The van der Waals surface area contributed by atoms with Crippen molar-refractivity contribution in [3.63, 3.8) is 0 Å². The van der Waals surface area contributed by atoms with Crippen LogP contribution in [0, 0.1) is 10.1 Å². The molecule has 0 unspecified atom stereocenters. The molecule has 0 atom stereocenters. The monoisotopic (exact) mass is 395 g/mol. The molecule has 4 rings (SSSR count). The quantitative estimate of drug-likeness (QED) is 0.597. The van der Waals surface area contributed by atoms with Crippen molar-refractivity contribution in [2.75, 3.05) is 36.0 Å².